The summed E-state index contributed by atoms with van der Waals surface area (Å²) in [7, 11) is 3.69. The van der Waals surface area contributed by atoms with E-state index in [2.05, 4.69) is 29.6 Å². The number of fused-ring (bicyclic) bond motifs is 1. The zero-order valence-corrected chi connectivity index (χ0v) is 24.3. The Kier molecular flexibility index (Phi) is 8.75. The average Bonchev–Trinajstić information content (AvgIpc) is 3.33. The first-order valence-electron chi connectivity index (χ1n) is 13.6. The highest BCUT2D eigenvalue weighted by Gasteiger charge is 2.32. The Labute approximate surface area is 239 Å². The topological polar surface area (TPSA) is 50.8 Å². The lowest BCUT2D eigenvalue weighted by molar-refractivity contribution is 0.0604. The largest absolute Gasteiger partial charge is 0.497 e. The fourth-order valence-corrected chi connectivity index (χ4v) is 6.94. The quantitative estimate of drug-likeness (QED) is 0.226. The van der Waals surface area contributed by atoms with Gasteiger partial charge in [0.15, 0.2) is 0 Å². The minimum Gasteiger partial charge on any atom is -0.497 e. The molecule has 0 atom stereocenters. The summed E-state index contributed by atoms with van der Waals surface area (Å²) in [6.07, 6.45) is 3.97. The molecule has 1 aliphatic carbocycles. The second kappa shape index (κ2) is 12.4. The van der Waals surface area contributed by atoms with E-state index in [9.17, 15) is 4.79 Å². The van der Waals surface area contributed by atoms with Gasteiger partial charge in [0, 0.05) is 34.3 Å². The zero-order valence-electron chi connectivity index (χ0n) is 22.7. The lowest BCUT2D eigenvalue weighted by atomic mass is 9.89. The monoisotopic (exact) mass is 562 g/mol. The molecule has 1 saturated carbocycles. The van der Waals surface area contributed by atoms with Crippen molar-refractivity contribution < 1.29 is 14.3 Å². The van der Waals surface area contributed by atoms with Crippen molar-refractivity contribution in [3.05, 3.63) is 82.2 Å². The number of benzene rings is 3. The molecule has 1 heterocycles. The molecule has 0 saturated heterocycles. The van der Waals surface area contributed by atoms with Crippen molar-refractivity contribution >= 4 is 38.9 Å². The number of nitrogens with one attached hydrogen (secondary N) is 1. The second-order valence-electron chi connectivity index (χ2n) is 9.95. The molecule has 4 aromatic rings. The van der Waals surface area contributed by atoms with Gasteiger partial charge >= 0.3 is 0 Å². The lowest BCUT2D eigenvalue weighted by Crippen LogP contribution is -2.44. The van der Waals surface area contributed by atoms with Crippen LogP contribution in [0.4, 0.5) is 0 Å². The molecule has 0 radical (unpaired) electrons. The summed E-state index contributed by atoms with van der Waals surface area (Å²) in [4.78, 5) is 16.9. The molecule has 3 aromatic carbocycles. The molecule has 0 unspecified atom stereocenters. The molecule has 0 aliphatic heterocycles. The van der Waals surface area contributed by atoms with E-state index in [1.807, 2.05) is 61.3 Å². The molecular formula is C32H35ClN2O3S. The molecule has 39 heavy (non-hydrogen) atoms. The van der Waals surface area contributed by atoms with Gasteiger partial charge in [0.05, 0.1) is 18.7 Å². The van der Waals surface area contributed by atoms with Gasteiger partial charge in [-0.25, -0.2) is 0 Å². The Morgan fingerprint density at radius 1 is 1.03 bits per heavy atom. The highest BCUT2D eigenvalue weighted by Crippen LogP contribution is 2.38. The minimum atomic E-state index is -0.00796. The Morgan fingerprint density at radius 3 is 2.41 bits per heavy atom. The van der Waals surface area contributed by atoms with Crippen LogP contribution in [0.5, 0.6) is 11.5 Å². The molecule has 1 fully saturated rings. The molecule has 1 N–H and O–H groups in total. The van der Waals surface area contributed by atoms with E-state index < -0.39 is 0 Å². The molecule has 1 aliphatic rings. The van der Waals surface area contributed by atoms with Crippen LogP contribution in [0.2, 0.25) is 5.02 Å². The minimum absolute atomic E-state index is 0.00796. The molecule has 5 rings (SSSR count). The lowest BCUT2D eigenvalue weighted by Gasteiger charge is -2.37. The van der Waals surface area contributed by atoms with Gasteiger partial charge in [-0.3, -0.25) is 4.79 Å². The summed E-state index contributed by atoms with van der Waals surface area (Å²) < 4.78 is 12.4. The Morgan fingerprint density at radius 2 is 1.74 bits per heavy atom. The first kappa shape index (κ1) is 27.5. The molecular weight excluding hydrogens is 528 g/mol. The smallest absolute Gasteiger partial charge is 0.266 e. The molecule has 0 bridgehead atoms. The number of rotatable bonds is 9. The number of carbonyl (C=O) groups excluding carboxylic acids is 1. The van der Waals surface area contributed by atoms with E-state index >= 15 is 0 Å². The third-order valence-corrected chi connectivity index (χ3v) is 9.32. The van der Waals surface area contributed by atoms with Crippen LogP contribution < -0.4 is 14.8 Å². The van der Waals surface area contributed by atoms with E-state index in [4.69, 9.17) is 21.1 Å². The fraction of sp³-hybridized carbons (Fsp3) is 0.344. The number of thiophene rings is 1. The molecule has 0 spiro atoms. The molecule has 1 amide bonds. The van der Waals surface area contributed by atoms with Crippen molar-refractivity contribution in [2.45, 2.75) is 51.2 Å². The summed E-state index contributed by atoms with van der Waals surface area (Å²) in [5, 5.41) is 4.89. The third kappa shape index (κ3) is 5.93. The van der Waals surface area contributed by atoms with Crippen LogP contribution in [0.25, 0.3) is 21.2 Å². The highest BCUT2D eigenvalue weighted by molar-refractivity contribution is 7.21. The predicted molar refractivity (Wildman–Crippen MR) is 161 cm³/mol. The highest BCUT2D eigenvalue weighted by atomic mass is 35.5. The van der Waals surface area contributed by atoms with Gasteiger partial charge < -0.3 is 19.7 Å². The van der Waals surface area contributed by atoms with Gasteiger partial charge in [-0.15, -0.1) is 11.3 Å². The van der Waals surface area contributed by atoms with Crippen LogP contribution in [0.15, 0.2) is 66.7 Å². The van der Waals surface area contributed by atoms with Crippen LogP contribution >= 0.6 is 22.9 Å². The van der Waals surface area contributed by atoms with Crippen molar-refractivity contribution in [1.82, 2.24) is 10.2 Å². The van der Waals surface area contributed by atoms with Crippen molar-refractivity contribution in [2.24, 2.45) is 0 Å². The van der Waals surface area contributed by atoms with Gasteiger partial charge in [-0.05, 0) is 81.1 Å². The Balaban J connectivity index is 1.53. The summed E-state index contributed by atoms with van der Waals surface area (Å²) in [5.41, 5.74) is 3.15. The van der Waals surface area contributed by atoms with Gasteiger partial charge in [-0.2, -0.15) is 0 Å². The standard InChI is InChI=1S/C32H35ClN2O3S/c1-4-38-28-18-11-22(21-9-16-26(37-3)17-10-21)19-23(28)20-35(25-14-12-24(34-2)13-15-25)32(36)31-30(33)27-7-5-6-8-29(27)39-31/h5-11,16-19,24-25,34H,4,12-15,20H2,1-3H3. The number of carbonyl (C=O) groups is 1. The van der Waals surface area contributed by atoms with Crippen LogP contribution in [-0.2, 0) is 6.54 Å². The van der Waals surface area contributed by atoms with E-state index in [1.54, 1.807) is 7.11 Å². The fourth-order valence-electron chi connectivity index (χ4n) is 5.47. The summed E-state index contributed by atoms with van der Waals surface area (Å²) >= 11 is 8.29. The number of ether oxygens (including phenoxy) is 2. The zero-order chi connectivity index (χ0) is 27.4. The average molecular weight is 563 g/mol. The molecule has 7 heteroatoms. The van der Waals surface area contributed by atoms with Crippen LogP contribution in [0.1, 0.15) is 47.8 Å². The predicted octanol–water partition coefficient (Wildman–Crippen LogP) is 7.80. The van der Waals surface area contributed by atoms with Crippen LogP contribution in [-0.4, -0.2) is 43.7 Å². The van der Waals surface area contributed by atoms with E-state index in [0.717, 1.165) is 64.0 Å². The SMILES string of the molecule is CCOc1ccc(-c2ccc(OC)cc2)cc1CN(C(=O)c1sc2ccccc2c1Cl)C1CCC(NC)CC1. The normalized spacial score (nSPS) is 17.2. The third-order valence-electron chi connectivity index (χ3n) is 7.66. The maximum Gasteiger partial charge on any atom is 0.266 e. The van der Waals surface area contributed by atoms with E-state index in [1.165, 1.54) is 11.3 Å². The van der Waals surface area contributed by atoms with Gasteiger partial charge in [0.2, 0.25) is 0 Å². The maximum atomic E-state index is 14.3. The number of hydrogen-bond acceptors (Lipinski definition) is 5. The van der Waals surface area contributed by atoms with Crippen molar-refractivity contribution in [3.8, 4) is 22.6 Å². The number of halogens is 1. The van der Waals surface area contributed by atoms with Crippen LogP contribution in [0, 0.1) is 0 Å². The van der Waals surface area contributed by atoms with Gasteiger partial charge in [0.25, 0.3) is 5.91 Å². The molecule has 204 valence electrons. The Hall–Kier alpha value is -3.06. The first-order valence-corrected chi connectivity index (χ1v) is 14.8. The van der Waals surface area contributed by atoms with E-state index in [0.29, 0.717) is 29.1 Å². The van der Waals surface area contributed by atoms with Gasteiger partial charge in [-0.1, -0.05) is 48.0 Å². The number of amides is 1. The van der Waals surface area contributed by atoms with Gasteiger partial charge in [0.1, 0.15) is 16.4 Å². The molecule has 1 aromatic heterocycles. The van der Waals surface area contributed by atoms with E-state index in [-0.39, 0.29) is 11.9 Å². The number of hydrogen-bond donors (Lipinski definition) is 1. The summed E-state index contributed by atoms with van der Waals surface area (Å²) in [6, 6.07) is 22.9. The van der Waals surface area contributed by atoms with Crippen molar-refractivity contribution in [3.63, 3.8) is 0 Å². The summed E-state index contributed by atoms with van der Waals surface area (Å²) in [6.45, 7) is 3.00. The Bertz CT molecular complexity index is 1430. The van der Waals surface area contributed by atoms with Crippen molar-refractivity contribution in [2.75, 3.05) is 20.8 Å². The number of methoxy groups -OCH3 is 1. The first-order chi connectivity index (χ1) is 19.0. The van der Waals surface area contributed by atoms with Crippen molar-refractivity contribution in [1.29, 1.82) is 0 Å². The second-order valence-corrected chi connectivity index (χ2v) is 11.4. The molecule has 5 nitrogen and oxygen atoms in total. The van der Waals surface area contributed by atoms with Crippen LogP contribution in [0.3, 0.4) is 0 Å². The maximum absolute atomic E-state index is 14.3. The summed E-state index contributed by atoms with van der Waals surface area (Å²) in [5.74, 6) is 1.62. The number of nitrogens with zero attached hydrogens (tertiary/aromatic N) is 1.